The molecular formula is C27H35IO8. The third-order valence-corrected chi connectivity index (χ3v) is 11.7. The minimum Gasteiger partial charge on any atom is -0.458 e. The first-order valence-electron chi connectivity index (χ1n) is 13.6. The molecule has 6 bridgehead atoms. The SMILES string of the molecule is CCC1(OC(=O)C2C3CC4C(OC(=O)C42)C3OC(=O)COC(=O)C(C)CI)C2CC3CC(C2)CC1C3. The molecule has 0 amide bonds. The van der Waals surface area contributed by atoms with Crippen molar-refractivity contribution in [1.82, 2.24) is 0 Å². The van der Waals surface area contributed by atoms with Crippen LogP contribution >= 0.6 is 22.6 Å². The molecule has 1 heterocycles. The minimum absolute atomic E-state index is 0.143. The normalized spacial score (nSPS) is 45.9. The Morgan fingerprint density at radius 1 is 1.06 bits per heavy atom. The summed E-state index contributed by atoms with van der Waals surface area (Å²) in [6, 6.07) is 0. The summed E-state index contributed by atoms with van der Waals surface area (Å²) in [5.41, 5.74) is -0.440. The van der Waals surface area contributed by atoms with Crippen LogP contribution in [0.4, 0.5) is 0 Å². The Bertz CT molecular complexity index is 935. The van der Waals surface area contributed by atoms with E-state index >= 15 is 0 Å². The van der Waals surface area contributed by atoms with Crippen LogP contribution in [0.3, 0.4) is 0 Å². The zero-order chi connectivity index (χ0) is 25.4. The fourth-order valence-electron chi connectivity index (χ4n) is 9.04. The van der Waals surface area contributed by atoms with E-state index in [4.69, 9.17) is 18.9 Å². The maximum Gasteiger partial charge on any atom is 0.344 e. The molecule has 7 atom stereocenters. The molecule has 1 aliphatic heterocycles. The smallest absolute Gasteiger partial charge is 0.344 e. The molecule has 7 rings (SSSR count). The second-order valence-electron chi connectivity index (χ2n) is 12.2. The van der Waals surface area contributed by atoms with E-state index in [-0.39, 0.29) is 29.7 Å². The molecule has 6 aliphatic carbocycles. The second kappa shape index (κ2) is 9.12. The molecule has 0 aromatic heterocycles. The van der Waals surface area contributed by atoms with Gasteiger partial charge in [0.1, 0.15) is 17.8 Å². The maximum atomic E-state index is 13.8. The average Bonchev–Trinajstić information content (AvgIpc) is 3.47. The van der Waals surface area contributed by atoms with E-state index < -0.39 is 48.2 Å². The van der Waals surface area contributed by atoms with Gasteiger partial charge in [0.2, 0.25) is 0 Å². The molecule has 198 valence electrons. The Morgan fingerprint density at radius 3 is 2.33 bits per heavy atom. The molecule has 36 heavy (non-hydrogen) atoms. The van der Waals surface area contributed by atoms with Crippen LogP contribution in [-0.2, 0) is 38.1 Å². The van der Waals surface area contributed by atoms with Gasteiger partial charge in [0.25, 0.3) is 0 Å². The van der Waals surface area contributed by atoms with E-state index in [0.29, 0.717) is 22.7 Å². The molecule has 0 N–H and O–H groups in total. The largest absolute Gasteiger partial charge is 0.458 e. The van der Waals surface area contributed by atoms with Crippen molar-refractivity contribution in [1.29, 1.82) is 0 Å². The summed E-state index contributed by atoms with van der Waals surface area (Å²) in [4.78, 5) is 51.1. The monoisotopic (exact) mass is 614 g/mol. The third-order valence-electron chi connectivity index (χ3n) is 10.4. The fraction of sp³-hybridized carbons (Fsp3) is 0.852. The lowest BCUT2D eigenvalue weighted by molar-refractivity contribution is -0.218. The van der Waals surface area contributed by atoms with Gasteiger partial charge < -0.3 is 18.9 Å². The van der Waals surface area contributed by atoms with Crippen LogP contribution in [0.5, 0.6) is 0 Å². The predicted octanol–water partition coefficient (Wildman–Crippen LogP) is 3.47. The third kappa shape index (κ3) is 3.72. The van der Waals surface area contributed by atoms with Gasteiger partial charge in [0.15, 0.2) is 6.61 Å². The Kier molecular flexibility index (Phi) is 6.31. The Labute approximate surface area is 225 Å². The highest BCUT2D eigenvalue weighted by Gasteiger charge is 2.71. The topological polar surface area (TPSA) is 105 Å². The van der Waals surface area contributed by atoms with Gasteiger partial charge >= 0.3 is 23.9 Å². The molecule has 0 aromatic rings. The number of hydrogen-bond donors (Lipinski definition) is 0. The van der Waals surface area contributed by atoms with E-state index in [2.05, 4.69) is 29.5 Å². The molecule has 0 aromatic carbocycles. The zero-order valence-corrected chi connectivity index (χ0v) is 23.0. The summed E-state index contributed by atoms with van der Waals surface area (Å²) in [6.45, 7) is 3.37. The molecule has 1 saturated heterocycles. The van der Waals surface area contributed by atoms with Gasteiger partial charge in [0.05, 0.1) is 17.8 Å². The van der Waals surface area contributed by atoms with Gasteiger partial charge in [-0.25, -0.2) is 4.79 Å². The Balaban J connectivity index is 1.16. The van der Waals surface area contributed by atoms with Crippen molar-refractivity contribution < 1.29 is 38.1 Å². The predicted molar refractivity (Wildman–Crippen MR) is 134 cm³/mol. The average molecular weight is 614 g/mol. The van der Waals surface area contributed by atoms with Crippen LogP contribution in [0.2, 0.25) is 0 Å². The van der Waals surface area contributed by atoms with Crippen molar-refractivity contribution >= 4 is 46.5 Å². The first-order valence-corrected chi connectivity index (χ1v) is 15.1. The van der Waals surface area contributed by atoms with Crippen molar-refractivity contribution in [2.45, 2.75) is 76.6 Å². The summed E-state index contributed by atoms with van der Waals surface area (Å²) >= 11 is 2.09. The maximum absolute atomic E-state index is 13.8. The summed E-state index contributed by atoms with van der Waals surface area (Å²) in [5.74, 6) is -1.46. The highest BCUT2D eigenvalue weighted by molar-refractivity contribution is 14.1. The molecule has 9 heteroatoms. The minimum atomic E-state index is -0.709. The van der Waals surface area contributed by atoms with Crippen LogP contribution in [-0.4, -0.2) is 52.7 Å². The van der Waals surface area contributed by atoms with Crippen LogP contribution in [0.1, 0.15) is 58.8 Å². The molecule has 7 unspecified atom stereocenters. The first kappa shape index (κ1) is 24.9. The van der Waals surface area contributed by atoms with Gasteiger partial charge in [0, 0.05) is 16.3 Å². The van der Waals surface area contributed by atoms with Crippen LogP contribution < -0.4 is 0 Å². The van der Waals surface area contributed by atoms with E-state index in [1.807, 2.05) is 0 Å². The number of carbonyl (C=O) groups excluding carboxylic acids is 4. The molecule has 7 aliphatic rings. The number of esters is 4. The van der Waals surface area contributed by atoms with Gasteiger partial charge in [-0.3, -0.25) is 14.4 Å². The lowest BCUT2D eigenvalue weighted by Gasteiger charge is -2.60. The van der Waals surface area contributed by atoms with Crippen molar-refractivity contribution in [3.8, 4) is 0 Å². The van der Waals surface area contributed by atoms with Gasteiger partial charge in [-0.1, -0.05) is 36.4 Å². The van der Waals surface area contributed by atoms with E-state index in [1.54, 1.807) is 6.92 Å². The van der Waals surface area contributed by atoms with Gasteiger partial charge in [-0.2, -0.15) is 0 Å². The van der Waals surface area contributed by atoms with Crippen molar-refractivity contribution in [2.24, 2.45) is 53.3 Å². The molecule has 7 fully saturated rings. The van der Waals surface area contributed by atoms with Crippen LogP contribution in [0.15, 0.2) is 0 Å². The van der Waals surface area contributed by atoms with Gasteiger partial charge in [-0.15, -0.1) is 0 Å². The number of hydrogen-bond acceptors (Lipinski definition) is 8. The van der Waals surface area contributed by atoms with Gasteiger partial charge in [-0.05, 0) is 68.6 Å². The van der Waals surface area contributed by atoms with E-state index in [0.717, 1.165) is 43.9 Å². The van der Waals surface area contributed by atoms with Crippen molar-refractivity contribution in [3.05, 3.63) is 0 Å². The lowest BCUT2D eigenvalue weighted by atomic mass is 9.49. The Morgan fingerprint density at radius 2 is 1.72 bits per heavy atom. The summed E-state index contributed by atoms with van der Waals surface area (Å²) in [7, 11) is 0. The molecule has 6 saturated carbocycles. The molecule has 8 nitrogen and oxygen atoms in total. The fourth-order valence-corrected chi connectivity index (χ4v) is 9.40. The Hall–Kier alpha value is -1.39. The number of rotatable bonds is 8. The van der Waals surface area contributed by atoms with Crippen LogP contribution in [0.25, 0.3) is 0 Å². The van der Waals surface area contributed by atoms with Crippen molar-refractivity contribution in [2.75, 3.05) is 11.0 Å². The van der Waals surface area contributed by atoms with E-state index in [1.165, 1.54) is 6.42 Å². The molecule has 0 spiro atoms. The highest BCUT2D eigenvalue weighted by Crippen LogP contribution is 2.63. The number of halogens is 1. The number of ether oxygens (including phenoxy) is 4. The van der Waals surface area contributed by atoms with Crippen molar-refractivity contribution in [3.63, 3.8) is 0 Å². The number of carbonyl (C=O) groups is 4. The lowest BCUT2D eigenvalue weighted by Crippen LogP contribution is -2.60. The first-order chi connectivity index (χ1) is 17.3. The quantitative estimate of drug-likeness (QED) is 0.177. The molecular weight excluding hydrogens is 579 g/mol. The van der Waals surface area contributed by atoms with E-state index in [9.17, 15) is 19.2 Å². The van der Waals surface area contributed by atoms with Crippen LogP contribution in [0, 0.1) is 53.3 Å². The summed E-state index contributed by atoms with van der Waals surface area (Å²) in [6.07, 6.45) is 6.00. The second-order valence-corrected chi connectivity index (χ2v) is 13.0. The standard InChI is InChI=1S/C27H35IO8/c1-3-27(15-5-13-4-14(7-15)8-16(27)6-13)36-26(32)21-18-9-17-20(21)25(31)35-23(17)22(18)34-19(29)11-33-24(30)12(2)10-28/h12-18,20-23H,3-11H2,1-2H3. The highest BCUT2D eigenvalue weighted by atomic mass is 127. The molecule has 0 radical (unpaired) electrons. The summed E-state index contributed by atoms with van der Waals surface area (Å²) < 4.78 is 23.5. The number of alkyl halides is 1. The number of fused-ring (bicyclic) bond motifs is 1. The zero-order valence-electron chi connectivity index (χ0n) is 20.9. The summed E-state index contributed by atoms with van der Waals surface area (Å²) in [5, 5.41) is 0.